The number of hydrogen-bond donors (Lipinski definition) is 0. The van der Waals surface area contributed by atoms with E-state index in [9.17, 15) is 0 Å². The van der Waals surface area contributed by atoms with Crippen molar-refractivity contribution in [2.75, 3.05) is 6.61 Å². The predicted octanol–water partition coefficient (Wildman–Crippen LogP) is 9.26. The summed E-state index contributed by atoms with van der Waals surface area (Å²) in [6.45, 7) is 14.1. The van der Waals surface area contributed by atoms with Crippen molar-refractivity contribution in [3.05, 3.63) is 12.7 Å². The van der Waals surface area contributed by atoms with Crippen molar-refractivity contribution in [1.82, 2.24) is 0 Å². The highest BCUT2D eigenvalue weighted by Crippen LogP contribution is 2.29. The van der Waals surface area contributed by atoms with Crippen molar-refractivity contribution >= 4 is 0 Å². The molecular formula is C26H52O. The molecule has 1 unspecified atom stereocenters. The van der Waals surface area contributed by atoms with Crippen LogP contribution in [0.15, 0.2) is 12.7 Å². The summed E-state index contributed by atoms with van der Waals surface area (Å²) in [7, 11) is 0. The number of rotatable bonds is 21. The predicted molar refractivity (Wildman–Crippen MR) is 124 cm³/mol. The van der Waals surface area contributed by atoms with E-state index in [1.54, 1.807) is 0 Å². The molecule has 0 bridgehead atoms. The summed E-state index contributed by atoms with van der Waals surface area (Å²) in [4.78, 5) is 0. The second kappa shape index (κ2) is 19.0. The summed E-state index contributed by atoms with van der Waals surface area (Å²) in [5.74, 6) is 0.594. The van der Waals surface area contributed by atoms with Crippen LogP contribution in [-0.2, 0) is 4.74 Å². The van der Waals surface area contributed by atoms with Gasteiger partial charge in [-0.05, 0) is 18.8 Å². The second-order valence-electron chi connectivity index (χ2n) is 9.07. The fraction of sp³-hybridized carbons (Fsp3) is 0.923. The summed E-state index contributed by atoms with van der Waals surface area (Å²) in [5, 5.41) is 0. The monoisotopic (exact) mass is 380 g/mol. The van der Waals surface area contributed by atoms with Gasteiger partial charge in [0.15, 0.2) is 0 Å². The molecule has 0 aromatic heterocycles. The maximum absolute atomic E-state index is 6.43. The lowest BCUT2D eigenvalue weighted by Crippen LogP contribution is -2.31. The maximum Gasteiger partial charge on any atom is 0.0860 e. The van der Waals surface area contributed by atoms with E-state index in [2.05, 4.69) is 40.3 Å². The Bertz CT molecular complexity index is 309. The summed E-state index contributed by atoms with van der Waals surface area (Å²) in [6, 6.07) is 0. The van der Waals surface area contributed by atoms with E-state index in [0.717, 1.165) is 19.4 Å². The Morgan fingerprint density at radius 1 is 0.667 bits per heavy atom. The normalized spacial score (nSPS) is 13.8. The van der Waals surface area contributed by atoms with Crippen LogP contribution in [-0.4, -0.2) is 12.2 Å². The molecule has 0 aliphatic rings. The molecule has 1 atom stereocenters. The van der Waals surface area contributed by atoms with Crippen molar-refractivity contribution in [2.45, 2.75) is 142 Å². The van der Waals surface area contributed by atoms with Crippen LogP contribution in [0, 0.1) is 5.92 Å². The Kier molecular flexibility index (Phi) is 18.8. The zero-order valence-electron chi connectivity index (χ0n) is 19.5. The summed E-state index contributed by atoms with van der Waals surface area (Å²) < 4.78 is 6.43. The van der Waals surface area contributed by atoms with Gasteiger partial charge in [-0.3, -0.25) is 0 Å². The Morgan fingerprint density at radius 2 is 1.04 bits per heavy atom. The molecule has 0 radical (unpaired) electrons. The van der Waals surface area contributed by atoms with Crippen LogP contribution in [0.5, 0.6) is 0 Å². The molecule has 1 heteroatoms. The minimum absolute atomic E-state index is 0.0735. The van der Waals surface area contributed by atoms with Crippen molar-refractivity contribution in [3.8, 4) is 0 Å². The van der Waals surface area contributed by atoms with Gasteiger partial charge >= 0.3 is 0 Å². The molecule has 0 saturated heterocycles. The Hall–Kier alpha value is -0.300. The molecule has 0 aliphatic carbocycles. The van der Waals surface area contributed by atoms with Gasteiger partial charge in [-0.25, -0.2) is 0 Å². The van der Waals surface area contributed by atoms with E-state index in [1.807, 2.05) is 0 Å². The van der Waals surface area contributed by atoms with Gasteiger partial charge in [0.05, 0.1) is 12.2 Å². The van der Waals surface area contributed by atoms with E-state index in [1.165, 1.54) is 96.3 Å². The van der Waals surface area contributed by atoms with Gasteiger partial charge in [0.25, 0.3) is 0 Å². The molecule has 0 amide bonds. The van der Waals surface area contributed by atoms with Gasteiger partial charge < -0.3 is 4.74 Å². The molecule has 27 heavy (non-hydrogen) atoms. The Balaban J connectivity index is 4.14. The standard InChI is InChI=1S/C26H52O/c1-6-9-11-13-15-17-19-21-23-26(8-3,27-24-25(4)5)22-20-18-16-14-12-10-7-2/h8,25H,3,6-7,9-24H2,1-2,4-5H3. The Morgan fingerprint density at radius 3 is 1.37 bits per heavy atom. The van der Waals surface area contributed by atoms with E-state index in [-0.39, 0.29) is 5.60 Å². The minimum Gasteiger partial charge on any atom is -0.371 e. The molecule has 0 aromatic rings. The lowest BCUT2D eigenvalue weighted by Gasteiger charge is -2.32. The van der Waals surface area contributed by atoms with E-state index in [4.69, 9.17) is 4.74 Å². The van der Waals surface area contributed by atoms with E-state index < -0.39 is 0 Å². The molecule has 1 nitrogen and oxygen atoms in total. The molecule has 0 rings (SSSR count). The van der Waals surface area contributed by atoms with E-state index in [0.29, 0.717) is 5.92 Å². The average molecular weight is 381 g/mol. The van der Waals surface area contributed by atoms with Crippen molar-refractivity contribution in [3.63, 3.8) is 0 Å². The van der Waals surface area contributed by atoms with Crippen LogP contribution in [0.1, 0.15) is 137 Å². The third-order valence-corrected chi connectivity index (χ3v) is 5.73. The largest absolute Gasteiger partial charge is 0.371 e. The van der Waals surface area contributed by atoms with E-state index >= 15 is 0 Å². The first-order chi connectivity index (χ1) is 13.1. The lowest BCUT2D eigenvalue weighted by atomic mass is 9.89. The van der Waals surface area contributed by atoms with Gasteiger partial charge in [-0.2, -0.15) is 0 Å². The van der Waals surface area contributed by atoms with Gasteiger partial charge in [0.1, 0.15) is 0 Å². The van der Waals surface area contributed by atoms with Crippen LogP contribution in [0.3, 0.4) is 0 Å². The van der Waals surface area contributed by atoms with Crippen LogP contribution in [0.25, 0.3) is 0 Å². The fourth-order valence-corrected chi connectivity index (χ4v) is 3.80. The molecule has 0 fully saturated rings. The third kappa shape index (κ3) is 16.4. The lowest BCUT2D eigenvalue weighted by molar-refractivity contribution is -0.0359. The molecule has 0 aliphatic heterocycles. The summed E-state index contributed by atoms with van der Waals surface area (Å²) in [6.07, 6.45) is 25.0. The van der Waals surface area contributed by atoms with Crippen molar-refractivity contribution < 1.29 is 4.74 Å². The molecule has 162 valence electrons. The van der Waals surface area contributed by atoms with Gasteiger partial charge in [-0.1, -0.05) is 130 Å². The SMILES string of the molecule is C=CC(CCCCCCCCC)(CCCCCCCCCC)OCC(C)C. The minimum atomic E-state index is -0.0735. The molecule has 0 spiro atoms. The number of hydrogen-bond acceptors (Lipinski definition) is 1. The third-order valence-electron chi connectivity index (χ3n) is 5.73. The molecular weight excluding hydrogens is 328 g/mol. The fourth-order valence-electron chi connectivity index (χ4n) is 3.80. The molecule has 0 N–H and O–H groups in total. The number of unbranched alkanes of at least 4 members (excludes halogenated alkanes) is 13. The van der Waals surface area contributed by atoms with Crippen LogP contribution >= 0.6 is 0 Å². The smallest absolute Gasteiger partial charge is 0.0860 e. The van der Waals surface area contributed by atoms with Crippen LogP contribution in [0.2, 0.25) is 0 Å². The first-order valence-corrected chi connectivity index (χ1v) is 12.4. The first kappa shape index (κ1) is 26.7. The highest BCUT2D eigenvalue weighted by molar-refractivity contribution is 4.97. The average Bonchev–Trinajstić information content (AvgIpc) is 2.66. The Labute approximate surface area is 172 Å². The highest BCUT2D eigenvalue weighted by Gasteiger charge is 2.26. The van der Waals surface area contributed by atoms with Gasteiger partial charge in [0, 0.05) is 0 Å². The molecule has 0 saturated carbocycles. The van der Waals surface area contributed by atoms with Gasteiger partial charge in [0.2, 0.25) is 0 Å². The summed E-state index contributed by atoms with van der Waals surface area (Å²) in [5.41, 5.74) is -0.0735. The van der Waals surface area contributed by atoms with Crippen LogP contribution < -0.4 is 0 Å². The highest BCUT2D eigenvalue weighted by atomic mass is 16.5. The number of ether oxygens (including phenoxy) is 1. The summed E-state index contributed by atoms with van der Waals surface area (Å²) >= 11 is 0. The van der Waals surface area contributed by atoms with Crippen molar-refractivity contribution in [2.24, 2.45) is 5.92 Å². The first-order valence-electron chi connectivity index (χ1n) is 12.4. The van der Waals surface area contributed by atoms with Crippen molar-refractivity contribution in [1.29, 1.82) is 0 Å². The van der Waals surface area contributed by atoms with Gasteiger partial charge in [-0.15, -0.1) is 6.58 Å². The molecule has 0 aromatic carbocycles. The molecule has 0 heterocycles. The quantitative estimate of drug-likeness (QED) is 0.142. The van der Waals surface area contributed by atoms with Crippen LogP contribution in [0.4, 0.5) is 0 Å². The zero-order chi connectivity index (χ0) is 20.2. The second-order valence-corrected chi connectivity index (χ2v) is 9.07. The maximum atomic E-state index is 6.43. The zero-order valence-corrected chi connectivity index (χ0v) is 19.5. The topological polar surface area (TPSA) is 9.23 Å².